The van der Waals surface area contributed by atoms with Crippen molar-refractivity contribution in [2.45, 2.75) is 6.54 Å². The minimum atomic E-state index is -0.258. The van der Waals surface area contributed by atoms with Crippen molar-refractivity contribution in [2.75, 3.05) is 19.0 Å². The van der Waals surface area contributed by atoms with Crippen LogP contribution in [0.3, 0.4) is 0 Å². The number of benzene rings is 1. The second-order valence-corrected chi connectivity index (χ2v) is 3.02. The molecule has 1 aromatic carbocycles. The van der Waals surface area contributed by atoms with E-state index in [1.165, 1.54) is 6.07 Å². The average Bonchev–Trinajstić information content (AvgIpc) is 2.08. The van der Waals surface area contributed by atoms with Gasteiger partial charge in [-0.25, -0.2) is 9.87 Å². The number of hydrogen-bond donors (Lipinski definition) is 2. The van der Waals surface area contributed by atoms with Gasteiger partial charge in [0.15, 0.2) is 0 Å². The van der Waals surface area contributed by atoms with Gasteiger partial charge in [0.1, 0.15) is 5.82 Å². The maximum absolute atomic E-state index is 13.1. The van der Waals surface area contributed by atoms with Gasteiger partial charge in [0.05, 0.1) is 5.69 Å². The molecule has 0 radical (unpaired) electrons. The quantitative estimate of drug-likeness (QED) is 0.696. The maximum Gasteiger partial charge on any atom is 0.146 e. The van der Waals surface area contributed by atoms with E-state index in [-0.39, 0.29) is 5.82 Å². The second kappa shape index (κ2) is 4.20. The number of hydrogen-bond acceptors (Lipinski definition) is 3. The molecule has 0 spiro atoms. The van der Waals surface area contributed by atoms with E-state index in [0.717, 1.165) is 5.56 Å². The molecule has 4 heteroatoms. The molecule has 2 N–H and O–H groups in total. The van der Waals surface area contributed by atoms with Gasteiger partial charge in [-0.3, -0.25) is 0 Å². The van der Waals surface area contributed by atoms with E-state index in [1.807, 2.05) is 5.48 Å². The predicted molar refractivity (Wildman–Crippen MR) is 49.4 cm³/mol. The van der Waals surface area contributed by atoms with E-state index in [1.54, 1.807) is 31.1 Å². The zero-order chi connectivity index (χ0) is 9.84. The van der Waals surface area contributed by atoms with Crippen LogP contribution in [0.1, 0.15) is 5.56 Å². The summed E-state index contributed by atoms with van der Waals surface area (Å²) < 4.78 is 13.1. The normalized spacial score (nSPS) is 10.2. The molecule has 0 aliphatic heterocycles. The standard InChI is InChI=1S/C9H13FN2O/c1-12(2)9-5-7(6-11-13)3-4-8(9)10/h3-5,11,13H,6H2,1-2H3. The summed E-state index contributed by atoms with van der Waals surface area (Å²) in [7, 11) is 3.54. The number of rotatable bonds is 3. The molecule has 13 heavy (non-hydrogen) atoms. The fraction of sp³-hybridized carbons (Fsp3) is 0.333. The zero-order valence-corrected chi connectivity index (χ0v) is 7.71. The van der Waals surface area contributed by atoms with E-state index in [9.17, 15) is 4.39 Å². The highest BCUT2D eigenvalue weighted by atomic mass is 19.1. The molecule has 0 aromatic heterocycles. The largest absolute Gasteiger partial charge is 0.375 e. The van der Waals surface area contributed by atoms with Gasteiger partial charge in [-0.15, -0.1) is 0 Å². The Morgan fingerprint density at radius 1 is 1.46 bits per heavy atom. The highest BCUT2D eigenvalue weighted by Crippen LogP contribution is 2.18. The number of nitrogens with zero attached hydrogens (tertiary/aromatic N) is 1. The first-order valence-electron chi connectivity index (χ1n) is 3.98. The van der Waals surface area contributed by atoms with Gasteiger partial charge in [0.25, 0.3) is 0 Å². The lowest BCUT2D eigenvalue weighted by Crippen LogP contribution is -2.12. The lowest BCUT2D eigenvalue weighted by molar-refractivity contribution is 0.161. The van der Waals surface area contributed by atoms with E-state index in [4.69, 9.17) is 5.21 Å². The Morgan fingerprint density at radius 2 is 2.15 bits per heavy atom. The van der Waals surface area contributed by atoms with Crippen molar-refractivity contribution >= 4 is 5.69 Å². The van der Waals surface area contributed by atoms with Crippen LogP contribution in [-0.4, -0.2) is 19.3 Å². The highest BCUT2D eigenvalue weighted by molar-refractivity contribution is 5.48. The molecule has 0 bridgehead atoms. The Kier molecular flexibility index (Phi) is 3.22. The fourth-order valence-electron chi connectivity index (χ4n) is 1.10. The number of anilines is 1. The molecule has 0 atom stereocenters. The Hall–Kier alpha value is -1.13. The van der Waals surface area contributed by atoms with Gasteiger partial charge >= 0.3 is 0 Å². The molecular formula is C9H13FN2O. The first kappa shape index (κ1) is 9.95. The van der Waals surface area contributed by atoms with Crippen LogP contribution in [0.5, 0.6) is 0 Å². The van der Waals surface area contributed by atoms with E-state index < -0.39 is 0 Å². The van der Waals surface area contributed by atoms with Gasteiger partial charge in [-0.2, -0.15) is 0 Å². The SMILES string of the molecule is CN(C)c1cc(CNO)ccc1F. The maximum atomic E-state index is 13.1. The topological polar surface area (TPSA) is 35.5 Å². The van der Waals surface area contributed by atoms with E-state index >= 15 is 0 Å². The minimum Gasteiger partial charge on any atom is -0.375 e. The summed E-state index contributed by atoms with van der Waals surface area (Å²) in [6.45, 7) is 0.321. The number of hydroxylamine groups is 1. The van der Waals surface area contributed by atoms with Crippen molar-refractivity contribution in [3.63, 3.8) is 0 Å². The molecule has 1 rings (SSSR count). The first-order chi connectivity index (χ1) is 6.15. The lowest BCUT2D eigenvalue weighted by atomic mass is 10.2. The third-order valence-electron chi connectivity index (χ3n) is 1.78. The summed E-state index contributed by atoms with van der Waals surface area (Å²) in [5.41, 5.74) is 3.39. The van der Waals surface area contributed by atoms with Gasteiger partial charge in [-0.05, 0) is 17.7 Å². The highest BCUT2D eigenvalue weighted by Gasteiger charge is 2.04. The van der Waals surface area contributed by atoms with Gasteiger partial charge < -0.3 is 10.1 Å². The van der Waals surface area contributed by atoms with Crippen LogP contribution in [0.2, 0.25) is 0 Å². The van der Waals surface area contributed by atoms with Crippen molar-refractivity contribution in [3.05, 3.63) is 29.6 Å². The fourth-order valence-corrected chi connectivity index (χ4v) is 1.10. The molecule has 72 valence electrons. The predicted octanol–water partition coefficient (Wildman–Crippen LogP) is 1.37. The third-order valence-corrected chi connectivity index (χ3v) is 1.78. The molecule has 3 nitrogen and oxygen atoms in total. The van der Waals surface area contributed by atoms with Gasteiger partial charge in [0.2, 0.25) is 0 Å². The molecule has 0 heterocycles. The molecule has 0 saturated heterocycles. The smallest absolute Gasteiger partial charge is 0.146 e. The summed E-state index contributed by atoms with van der Waals surface area (Å²) in [6.07, 6.45) is 0. The van der Waals surface area contributed by atoms with Crippen LogP contribution in [0.25, 0.3) is 0 Å². The van der Waals surface area contributed by atoms with E-state index in [2.05, 4.69) is 0 Å². The van der Waals surface area contributed by atoms with Crippen LogP contribution < -0.4 is 10.4 Å². The van der Waals surface area contributed by atoms with Crippen LogP contribution in [-0.2, 0) is 6.54 Å². The molecule has 0 amide bonds. The Bertz CT molecular complexity index is 289. The average molecular weight is 184 g/mol. The van der Waals surface area contributed by atoms with Crippen LogP contribution >= 0.6 is 0 Å². The summed E-state index contributed by atoms with van der Waals surface area (Å²) in [5.74, 6) is -0.258. The van der Waals surface area contributed by atoms with Gasteiger partial charge in [-0.1, -0.05) is 6.07 Å². The van der Waals surface area contributed by atoms with Crippen molar-refractivity contribution in [1.29, 1.82) is 0 Å². The summed E-state index contributed by atoms with van der Waals surface area (Å²) >= 11 is 0. The second-order valence-electron chi connectivity index (χ2n) is 3.02. The van der Waals surface area contributed by atoms with Crippen LogP contribution in [0, 0.1) is 5.82 Å². The van der Waals surface area contributed by atoms with Crippen molar-refractivity contribution in [1.82, 2.24) is 5.48 Å². The summed E-state index contributed by atoms with van der Waals surface area (Å²) in [6, 6.07) is 4.71. The molecule has 0 unspecified atom stereocenters. The molecule has 0 aliphatic carbocycles. The summed E-state index contributed by atoms with van der Waals surface area (Å²) in [5, 5.41) is 8.46. The summed E-state index contributed by atoms with van der Waals surface area (Å²) in [4.78, 5) is 1.69. The van der Waals surface area contributed by atoms with E-state index in [0.29, 0.717) is 12.2 Å². The molecular weight excluding hydrogens is 171 g/mol. The third kappa shape index (κ3) is 2.40. The Morgan fingerprint density at radius 3 is 2.69 bits per heavy atom. The van der Waals surface area contributed by atoms with Crippen molar-refractivity contribution < 1.29 is 9.60 Å². The lowest BCUT2D eigenvalue weighted by Gasteiger charge is -2.14. The molecule has 0 saturated carbocycles. The number of halogens is 1. The van der Waals surface area contributed by atoms with Crippen molar-refractivity contribution in [3.8, 4) is 0 Å². The van der Waals surface area contributed by atoms with Crippen LogP contribution in [0.15, 0.2) is 18.2 Å². The van der Waals surface area contributed by atoms with Gasteiger partial charge in [0, 0.05) is 20.6 Å². The molecule has 0 aliphatic rings. The minimum absolute atomic E-state index is 0.258. The zero-order valence-electron chi connectivity index (χ0n) is 7.71. The Balaban J connectivity index is 2.97. The molecule has 1 aromatic rings. The number of nitrogens with one attached hydrogen (secondary N) is 1. The monoisotopic (exact) mass is 184 g/mol. The Labute approximate surface area is 76.7 Å². The first-order valence-corrected chi connectivity index (χ1v) is 3.98. The molecule has 0 fully saturated rings. The van der Waals surface area contributed by atoms with Crippen LogP contribution in [0.4, 0.5) is 10.1 Å². The van der Waals surface area contributed by atoms with Crippen molar-refractivity contribution in [2.24, 2.45) is 0 Å².